The molecule has 21 heavy (non-hydrogen) atoms. The van der Waals surface area contributed by atoms with Crippen LogP contribution >= 0.6 is 12.2 Å². The first-order valence-electron chi connectivity index (χ1n) is 7.20. The van der Waals surface area contributed by atoms with E-state index in [9.17, 15) is 0 Å². The Morgan fingerprint density at radius 3 is 2.48 bits per heavy atom. The molecule has 0 heterocycles. The van der Waals surface area contributed by atoms with E-state index in [1.165, 1.54) is 0 Å². The van der Waals surface area contributed by atoms with Crippen LogP contribution in [0.3, 0.4) is 0 Å². The molecule has 0 unspecified atom stereocenters. The average Bonchev–Trinajstić information content (AvgIpc) is 2.44. The standard InChI is InChI=1S/C16H25N3OS/c1-12(2)10-15(14-8-6-5-7-9-14)18-19-16(21)17-13(3)11-20-4/h5-9,12-13H,10-11H2,1-4H3,(H2,17,19,21)/b18-15-/t13-/m0/s1. The molecule has 0 saturated heterocycles. The molecule has 4 nitrogen and oxygen atoms in total. The summed E-state index contributed by atoms with van der Waals surface area (Å²) in [6.45, 7) is 6.96. The lowest BCUT2D eigenvalue weighted by Gasteiger charge is -2.15. The highest BCUT2D eigenvalue weighted by molar-refractivity contribution is 7.80. The summed E-state index contributed by atoms with van der Waals surface area (Å²) in [4.78, 5) is 0. The molecule has 116 valence electrons. The normalized spacial score (nSPS) is 13.1. The van der Waals surface area contributed by atoms with Gasteiger partial charge in [0.05, 0.1) is 12.3 Å². The molecule has 5 heteroatoms. The van der Waals surface area contributed by atoms with Gasteiger partial charge in [-0.3, -0.25) is 5.43 Å². The fourth-order valence-corrected chi connectivity index (χ4v) is 2.16. The molecule has 2 N–H and O–H groups in total. The van der Waals surface area contributed by atoms with Crippen molar-refractivity contribution in [1.82, 2.24) is 10.7 Å². The molecule has 0 radical (unpaired) electrons. The highest BCUT2D eigenvalue weighted by Gasteiger charge is 2.07. The van der Waals surface area contributed by atoms with Crippen molar-refractivity contribution < 1.29 is 4.74 Å². The number of thiocarbonyl (C=S) groups is 1. The summed E-state index contributed by atoms with van der Waals surface area (Å²) in [7, 11) is 1.67. The first-order valence-corrected chi connectivity index (χ1v) is 7.61. The predicted molar refractivity (Wildman–Crippen MR) is 92.6 cm³/mol. The van der Waals surface area contributed by atoms with E-state index in [0.717, 1.165) is 17.7 Å². The first kappa shape index (κ1) is 17.6. The molecule has 0 aromatic heterocycles. The molecule has 0 aliphatic heterocycles. The lowest BCUT2D eigenvalue weighted by molar-refractivity contribution is 0.179. The number of hydrogen-bond donors (Lipinski definition) is 2. The van der Waals surface area contributed by atoms with Crippen LogP contribution in [0, 0.1) is 5.92 Å². The third-order valence-electron chi connectivity index (χ3n) is 2.80. The molecule has 1 aromatic carbocycles. The van der Waals surface area contributed by atoms with Gasteiger partial charge in [0.1, 0.15) is 0 Å². The summed E-state index contributed by atoms with van der Waals surface area (Å²) in [6.07, 6.45) is 0.896. The minimum atomic E-state index is 0.149. The van der Waals surface area contributed by atoms with E-state index in [4.69, 9.17) is 17.0 Å². The SMILES string of the molecule is COC[C@H](C)NC(=S)N/N=C(/CC(C)C)c1ccccc1. The minimum absolute atomic E-state index is 0.149. The largest absolute Gasteiger partial charge is 0.383 e. The smallest absolute Gasteiger partial charge is 0.187 e. The van der Waals surface area contributed by atoms with Crippen LogP contribution in [0.1, 0.15) is 32.8 Å². The maximum atomic E-state index is 5.24. The fraction of sp³-hybridized carbons (Fsp3) is 0.500. The van der Waals surface area contributed by atoms with Crippen LogP contribution in [0.5, 0.6) is 0 Å². The van der Waals surface area contributed by atoms with E-state index >= 15 is 0 Å². The maximum Gasteiger partial charge on any atom is 0.187 e. The molecule has 0 fully saturated rings. The van der Waals surface area contributed by atoms with Gasteiger partial charge in [0.2, 0.25) is 0 Å². The van der Waals surface area contributed by atoms with Gasteiger partial charge in [0, 0.05) is 13.2 Å². The van der Waals surface area contributed by atoms with Crippen molar-refractivity contribution in [3.05, 3.63) is 35.9 Å². The number of nitrogens with one attached hydrogen (secondary N) is 2. The van der Waals surface area contributed by atoms with E-state index in [-0.39, 0.29) is 6.04 Å². The van der Waals surface area contributed by atoms with Gasteiger partial charge < -0.3 is 10.1 Å². The van der Waals surface area contributed by atoms with E-state index in [1.807, 2.05) is 25.1 Å². The van der Waals surface area contributed by atoms with Crippen molar-refractivity contribution in [3.8, 4) is 0 Å². The Bertz CT molecular complexity index is 460. The van der Waals surface area contributed by atoms with Crippen LogP contribution in [0.4, 0.5) is 0 Å². The molecular formula is C16H25N3OS. The average molecular weight is 307 g/mol. The van der Waals surface area contributed by atoms with Crippen molar-refractivity contribution >= 4 is 23.0 Å². The molecular weight excluding hydrogens is 282 g/mol. The van der Waals surface area contributed by atoms with Gasteiger partial charge in [-0.05, 0) is 37.0 Å². The molecule has 0 saturated carbocycles. The Labute approximate surface area is 133 Å². The number of rotatable bonds is 7. The zero-order valence-corrected chi connectivity index (χ0v) is 14.0. The van der Waals surface area contributed by atoms with Crippen molar-refractivity contribution in [2.75, 3.05) is 13.7 Å². The van der Waals surface area contributed by atoms with Gasteiger partial charge in [-0.2, -0.15) is 5.10 Å². The summed E-state index contributed by atoms with van der Waals surface area (Å²) in [5.74, 6) is 0.528. The van der Waals surface area contributed by atoms with Crippen molar-refractivity contribution in [2.24, 2.45) is 11.0 Å². The van der Waals surface area contributed by atoms with Crippen molar-refractivity contribution in [1.29, 1.82) is 0 Å². The van der Waals surface area contributed by atoms with Gasteiger partial charge in [-0.25, -0.2) is 0 Å². The van der Waals surface area contributed by atoms with Gasteiger partial charge in [-0.1, -0.05) is 44.2 Å². The highest BCUT2D eigenvalue weighted by Crippen LogP contribution is 2.10. The fourth-order valence-electron chi connectivity index (χ4n) is 1.91. The molecule has 0 amide bonds. The monoisotopic (exact) mass is 307 g/mol. The summed E-state index contributed by atoms with van der Waals surface area (Å²) in [5, 5.41) is 8.11. The summed E-state index contributed by atoms with van der Waals surface area (Å²) >= 11 is 5.24. The summed E-state index contributed by atoms with van der Waals surface area (Å²) in [5.41, 5.74) is 5.05. The zero-order chi connectivity index (χ0) is 15.7. The Balaban J connectivity index is 2.69. The van der Waals surface area contributed by atoms with Crippen molar-refractivity contribution in [3.63, 3.8) is 0 Å². The van der Waals surface area contributed by atoms with E-state index < -0.39 is 0 Å². The second-order valence-corrected chi connectivity index (χ2v) is 5.87. The Kier molecular flexibility index (Phi) is 7.93. The molecule has 1 rings (SSSR count). The van der Waals surface area contributed by atoms with Crippen LogP contribution in [0.2, 0.25) is 0 Å². The highest BCUT2D eigenvalue weighted by atomic mass is 32.1. The maximum absolute atomic E-state index is 5.24. The third-order valence-corrected chi connectivity index (χ3v) is 3.00. The Morgan fingerprint density at radius 2 is 1.90 bits per heavy atom. The van der Waals surface area contributed by atoms with Crippen LogP contribution in [-0.2, 0) is 4.74 Å². The molecule has 0 bridgehead atoms. The van der Waals surface area contributed by atoms with E-state index in [1.54, 1.807) is 7.11 Å². The predicted octanol–water partition coefficient (Wildman–Crippen LogP) is 2.94. The van der Waals surface area contributed by atoms with Crippen LogP contribution in [0.25, 0.3) is 0 Å². The molecule has 1 aromatic rings. The number of ether oxygens (including phenoxy) is 1. The van der Waals surface area contributed by atoms with Crippen LogP contribution < -0.4 is 10.7 Å². The molecule has 0 aliphatic carbocycles. The lowest BCUT2D eigenvalue weighted by Crippen LogP contribution is -2.40. The van der Waals surface area contributed by atoms with Crippen LogP contribution in [0.15, 0.2) is 35.4 Å². The van der Waals surface area contributed by atoms with E-state index in [2.05, 4.69) is 41.8 Å². The second kappa shape index (κ2) is 9.47. The lowest BCUT2D eigenvalue weighted by atomic mass is 10.0. The zero-order valence-electron chi connectivity index (χ0n) is 13.2. The number of methoxy groups -OCH3 is 1. The second-order valence-electron chi connectivity index (χ2n) is 5.46. The molecule has 1 atom stereocenters. The third kappa shape index (κ3) is 7.20. The van der Waals surface area contributed by atoms with Gasteiger partial charge >= 0.3 is 0 Å². The number of benzene rings is 1. The first-order chi connectivity index (χ1) is 10.0. The number of nitrogens with zero attached hydrogens (tertiary/aromatic N) is 1. The van der Waals surface area contributed by atoms with Crippen molar-refractivity contribution in [2.45, 2.75) is 33.2 Å². The van der Waals surface area contributed by atoms with Gasteiger partial charge in [-0.15, -0.1) is 0 Å². The minimum Gasteiger partial charge on any atom is -0.383 e. The van der Waals surface area contributed by atoms with Gasteiger partial charge in [0.25, 0.3) is 0 Å². The quantitative estimate of drug-likeness (QED) is 0.462. The van der Waals surface area contributed by atoms with E-state index in [0.29, 0.717) is 17.6 Å². The van der Waals surface area contributed by atoms with Crippen LogP contribution in [-0.4, -0.2) is 30.6 Å². The van der Waals surface area contributed by atoms with Gasteiger partial charge in [0.15, 0.2) is 5.11 Å². The molecule has 0 aliphatic rings. The topological polar surface area (TPSA) is 45.6 Å². The Morgan fingerprint density at radius 1 is 1.24 bits per heavy atom. The number of hydrogen-bond acceptors (Lipinski definition) is 3. The Hall–Kier alpha value is -1.46. The number of hydrazone groups is 1. The molecule has 0 spiro atoms. The summed E-state index contributed by atoms with van der Waals surface area (Å²) < 4.78 is 5.07. The summed E-state index contributed by atoms with van der Waals surface area (Å²) in [6, 6.07) is 10.3.